The number of hydrogen-bond donors (Lipinski definition) is 0. The van der Waals surface area contributed by atoms with Crippen LogP contribution in [0.2, 0.25) is 0 Å². The van der Waals surface area contributed by atoms with E-state index in [-0.39, 0.29) is 0 Å². The molecule has 0 aromatic heterocycles. The van der Waals surface area contributed by atoms with E-state index in [1.54, 1.807) is 0 Å². The summed E-state index contributed by atoms with van der Waals surface area (Å²) in [6.45, 7) is 3.79. The van der Waals surface area contributed by atoms with Crippen LogP contribution in [0.3, 0.4) is 0 Å². The largest absolute Gasteiger partial charge is 0.492 e. The molecule has 4 heteroatoms. The molecule has 0 bridgehead atoms. The maximum absolute atomic E-state index is 5.74. The van der Waals surface area contributed by atoms with E-state index in [1.165, 1.54) is 0 Å². The number of ether oxygens (including phenoxy) is 3. The molecule has 0 radical (unpaired) electrons. The Morgan fingerprint density at radius 3 is 1.90 bits per heavy atom. The fourth-order valence-corrected chi connectivity index (χ4v) is 2.23. The van der Waals surface area contributed by atoms with Gasteiger partial charge in [-0.25, -0.2) is 0 Å². The quantitative estimate of drug-likeness (QED) is 0.646. The first kappa shape index (κ1) is 15.7. The Balaban J connectivity index is 1.74. The van der Waals surface area contributed by atoms with Gasteiger partial charge in [-0.05, 0) is 47.1 Å². The summed E-state index contributed by atoms with van der Waals surface area (Å²) >= 11 is 3.46. The lowest BCUT2D eigenvalue weighted by Crippen LogP contribution is -2.06. The highest BCUT2D eigenvalue weighted by molar-refractivity contribution is 9.10. The van der Waals surface area contributed by atoms with E-state index in [0.29, 0.717) is 19.8 Å². The van der Waals surface area contributed by atoms with Crippen molar-refractivity contribution < 1.29 is 14.2 Å². The first-order valence-corrected chi connectivity index (χ1v) is 7.82. The highest BCUT2D eigenvalue weighted by Crippen LogP contribution is 2.26. The van der Waals surface area contributed by atoms with Crippen LogP contribution >= 0.6 is 15.9 Å². The molecular weight excluding hydrogens is 332 g/mol. The number of rotatable bonds is 8. The molecular formula is C17H19BrO3. The maximum Gasteiger partial charge on any atom is 0.161 e. The van der Waals surface area contributed by atoms with Gasteiger partial charge in [0.15, 0.2) is 11.5 Å². The van der Waals surface area contributed by atoms with Crippen LogP contribution in [0.15, 0.2) is 53.0 Å². The van der Waals surface area contributed by atoms with Crippen LogP contribution in [0.5, 0.6) is 17.2 Å². The van der Waals surface area contributed by atoms with Crippen LogP contribution in [0, 0.1) is 0 Å². The van der Waals surface area contributed by atoms with Gasteiger partial charge in [0, 0.05) is 6.42 Å². The average molecular weight is 351 g/mol. The van der Waals surface area contributed by atoms with Gasteiger partial charge in [0.05, 0.1) is 24.3 Å². The van der Waals surface area contributed by atoms with Crippen molar-refractivity contribution >= 4 is 15.9 Å². The van der Waals surface area contributed by atoms with Crippen LogP contribution in [0.25, 0.3) is 0 Å². The molecule has 2 aromatic rings. The second-order valence-corrected chi connectivity index (χ2v) is 5.21. The summed E-state index contributed by atoms with van der Waals surface area (Å²) < 4.78 is 17.9. The van der Waals surface area contributed by atoms with Crippen molar-refractivity contribution in [2.24, 2.45) is 0 Å². The van der Waals surface area contributed by atoms with Crippen LogP contribution in [0.4, 0.5) is 0 Å². The van der Waals surface area contributed by atoms with Gasteiger partial charge in [-0.2, -0.15) is 0 Å². The highest BCUT2D eigenvalue weighted by atomic mass is 79.9. The average Bonchev–Trinajstić information content (AvgIpc) is 2.50. The Hall–Kier alpha value is -1.68. The zero-order valence-electron chi connectivity index (χ0n) is 12.0. The minimum Gasteiger partial charge on any atom is -0.492 e. The summed E-state index contributed by atoms with van der Waals surface area (Å²) in [6, 6.07) is 15.5. The number of benzene rings is 2. The molecule has 0 atom stereocenters. The molecule has 0 unspecified atom stereocenters. The number of halogens is 1. The second kappa shape index (κ2) is 8.57. The van der Waals surface area contributed by atoms with Gasteiger partial charge in [-0.3, -0.25) is 0 Å². The molecule has 0 fully saturated rings. The molecule has 3 nitrogen and oxygen atoms in total. The molecule has 2 aromatic carbocycles. The van der Waals surface area contributed by atoms with Crippen molar-refractivity contribution in [3.8, 4) is 17.2 Å². The standard InChI is InChI=1S/C17H19BrO3/c1-2-19-16-10-5-6-11-17(16)21-13-7-12-20-15-9-4-3-8-14(15)18/h3-6,8-11H,2,7,12-13H2,1H3. The Labute approximate surface area is 134 Å². The third kappa shape index (κ3) is 4.97. The predicted octanol–water partition coefficient (Wildman–Crippen LogP) is 4.70. The van der Waals surface area contributed by atoms with Gasteiger partial charge >= 0.3 is 0 Å². The lowest BCUT2D eigenvalue weighted by molar-refractivity contribution is 0.235. The lowest BCUT2D eigenvalue weighted by atomic mass is 10.3. The predicted molar refractivity (Wildman–Crippen MR) is 87.4 cm³/mol. The monoisotopic (exact) mass is 350 g/mol. The molecule has 0 spiro atoms. The lowest BCUT2D eigenvalue weighted by Gasteiger charge is -2.12. The molecule has 21 heavy (non-hydrogen) atoms. The van der Waals surface area contributed by atoms with E-state index >= 15 is 0 Å². The van der Waals surface area contributed by atoms with E-state index in [2.05, 4.69) is 15.9 Å². The van der Waals surface area contributed by atoms with Gasteiger partial charge in [0.25, 0.3) is 0 Å². The van der Waals surface area contributed by atoms with Crippen molar-refractivity contribution in [1.29, 1.82) is 0 Å². The van der Waals surface area contributed by atoms with Crippen LogP contribution in [0.1, 0.15) is 13.3 Å². The van der Waals surface area contributed by atoms with Gasteiger partial charge in [-0.1, -0.05) is 24.3 Å². The van der Waals surface area contributed by atoms with Crippen LogP contribution < -0.4 is 14.2 Å². The van der Waals surface area contributed by atoms with Crippen molar-refractivity contribution in [1.82, 2.24) is 0 Å². The molecule has 2 rings (SSSR count). The first-order chi connectivity index (χ1) is 10.3. The third-order valence-corrected chi connectivity index (χ3v) is 3.44. The number of para-hydroxylation sites is 3. The van der Waals surface area contributed by atoms with E-state index in [4.69, 9.17) is 14.2 Å². The first-order valence-electron chi connectivity index (χ1n) is 7.03. The van der Waals surface area contributed by atoms with Crippen LogP contribution in [-0.4, -0.2) is 19.8 Å². The Kier molecular flexibility index (Phi) is 6.41. The highest BCUT2D eigenvalue weighted by Gasteiger charge is 2.03. The molecule has 112 valence electrons. The van der Waals surface area contributed by atoms with Gasteiger partial charge in [-0.15, -0.1) is 0 Å². The summed E-state index contributed by atoms with van der Waals surface area (Å²) in [4.78, 5) is 0. The van der Waals surface area contributed by atoms with Crippen molar-refractivity contribution in [2.45, 2.75) is 13.3 Å². The van der Waals surface area contributed by atoms with Gasteiger partial charge in [0.2, 0.25) is 0 Å². The van der Waals surface area contributed by atoms with E-state index in [9.17, 15) is 0 Å². The Morgan fingerprint density at radius 1 is 0.762 bits per heavy atom. The van der Waals surface area contributed by atoms with E-state index in [1.807, 2.05) is 55.5 Å². The van der Waals surface area contributed by atoms with Crippen molar-refractivity contribution in [3.63, 3.8) is 0 Å². The fourth-order valence-electron chi connectivity index (χ4n) is 1.83. The molecule has 0 aliphatic carbocycles. The number of hydrogen-bond acceptors (Lipinski definition) is 3. The molecule has 0 N–H and O–H groups in total. The maximum atomic E-state index is 5.74. The summed E-state index contributed by atoms with van der Waals surface area (Å²) in [7, 11) is 0. The summed E-state index contributed by atoms with van der Waals surface area (Å²) in [5, 5.41) is 0. The van der Waals surface area contributed by atoms with Gasteiger partial charge in [0.1, 0.15) is 5.75 Å². The third-order valence-electron chi connectivity index (χ3n) is 2.79. The van der Waals surface area contributed by atoms with E-state index < -0.39 is 0 Å². The molecule has 0 heterocycles. The summed E-state index contributed by atoms with van der Waals surface area (Å²) in [6.07, 6.45) is 0.807. The Morgan fingerprint density at radius 2 is 1.29 bits per heavy atom. The second-order valence-electron chi connectivity index (χ2n) is 4.36. The minimum absolute atomic E-state index is 0.592. The zero-order chi connectivity index (χ0) is 14.9. The SMILES string of the molecule is CCOc1ccccc1OCCCOc1ccccc1Br. The Bertz CT molecular complexity index is 557. The summed E-state index contributed by atoms with van der Waals surface area (Å²) in [5.41, 5.74) is 0. The fraction of sp³-hybridized carbons (Fsp3) is 0.294. The molecule has 0 saturated carbocycles. The molecule has 0 aliphatic rings. The van der Waals surface area contributed by atoms with Crippen molar-refractivity contribution in [3.05, 3.63) is 53.0 Å². The van der Waals surface area contributed by atoms with E-state index in [0.717, 1.165) is 28.1 Å². The zero-order valence-corrected chi connectivity index (χ0v) is 13.6. The topological polar surface area (TPSA) is 27.7 Å². The molecule has 0 saturated heterocycles. The molecule has 0 amide bonds. The van der Waals surface area contributed by atoms with Crippen LogP contribution in [-0.2, 0) is 0 Å². The smallest absolute Gasteiger partial charge is 0.161 e. The van der Waals surface area contributed by atoms with Gasteiger partial charge < -0.3 is 14.2 Å². The minimum atomic E-state index is 0.592. The summed E-state index contributed by atoms with van der Waals surface area (Å²) in [5.74, 6) is 2.42. The molecule has 0 aliphatic heterocycles. The normalized spacial score (nSPS) is 10.2. The van der Waals surface area contributed by atoms with Crippen molar-refractivity contribution in [2.75, 3.05) is 19.8 Å².